The minimum absolute atomic E-state index is 0.250. The molecule has 0 aliphatic heterocycles. The van der Waals surface area contributed by atoms with Crippen molar-refractivity contribution in [3.63, 3.8) is 0 Å². The van der Waals surface area contributed by atoms with E-state index in [1.807, 2.05) is 34.9 Å². The highest BCUT2D eigenvalue weighted by Gasteiger charge is 2.09. The van der Waals surface area contributed by atoms with Crippen molar-refractivity contribution in [2.45, 2.75) is 6.61 Å². The molecule has 7 heteroatoms. The summed E-state index contributed by atoms with van der Waals surface area (Å²) in [5.41, 5.74) is 0.925. The largest absolute Gasteiger partial charge is 0.486 e. The van der Waals surface area contributed by atoms with Gasteiger partial charge in [-0.05, 0) is 36.5 Å². The van der Waals surface area contributed by atoms with Gasteiger partial charge < -0.3 is 4.74 Å². The van der Waals surface area contributed by atoms with Gasteiger partial charge in [-0.15, -0.1) is 0 Å². The number of aromatic nitrogens is 3. The number of hydrogen-bond acceptors (Lipinski definition) is 3. The second kappa shape index (κ2) is 6.52. The highest BCUT2D eigenvalue weighted by Crippen LogP contribution is 2.26. The summed E-state index contributed by atoms with van der Waals surface area (Å²) in [4.78, 5) is 0. The van der Waals surface area contributed by atoms with E-state index in [1.165, 1.54) is 0 Å². The number of aromatic amines is 1. The van der Waals surface area contributed by atoms with Crippen LogP contribution in [0.3, 0.4) is 0 Å². The maximum absolute atomic E-state index is 5.97. The second-order valence-corrected chi connectivity index (χ2v) is 5.68. The quantitative estimate of drug-likeness (QED) is 0.685. The molecule has 0 spiro atoms. The molecule has 0 saturated carbocycles. The van der Waals surface area contributed by atoms with Crippen LogP contribution in [0, 0.1) is 4.77 Å². The first-order valence-electron chi connectivity index (χ1n) is 6.45. The average molecular weight is 352 g/mol. The Morgan fingerprint density at radius 1 is 1.09 bits per heavy atom. The number of rotatable bonds is 4. The fourth-order valence-electron chi connectivity index (χ4n) is 1.98. The van der Waals surface area contributed by atoms with Crippen LogP contribution in [0.25, 0.3) is 5.69 Å². The molecule has 0 fully saturated rings. The van der Waals surface area contributed by atoms with Crippen LogP contribution in [0.4, 0.5) is 0 Å². The molecule has 0 atom stereocenters. The van der Waals surface area contributed by atoms with Crippen molar-refractivity contribution < 1.29 is 4.74 Å². The van der Waals surface area contributed by atoms with Crippen LogP contribution in [0.15, 0.2) is 48.5 Å². The van der Waals surface area contributed by atoms with Gasteiger partial charge in [0.05, 0.1) is 10.0 Å². The third-order valence-electron chi connectivity index (χ3n) is 3.02. The van der Waals surface area contributed by atoms with Gasteiger partial charge in [0, 0.05) is 11.8 Å². The predicted molar refractivity (Wildman–Crippen MR) is 89.5 cm³/mol. The van der Waals surface area contributed by atoms with Crippen LogP contribution in [-0.2, 0) is 6.61 Å². The van der Waals surface area contributed by atoms with Gasteiger partial charge in [0.2, 0.25) is 0 Å². The van der Waals surface area contributed by atoms with E-state index in [4.69, 9.17) is 40.2 Å². The van der Waals surface area contributed by atoms with E-state index < -0.39 is 0 Å². The number of para-hydroxylation sites is 1. The minimum atomic E-state index is 0.250. The van der Waals surface area contributed by atoms with Gasteiger partial charge in [-0.2, -0.15) is 5.10 Å². The Hall–Kier alpha value is -1.82. The van der Waals surface area contributed by atoms with E-state index in [9.17, 15) is 0 Å². The zero-order chi connectivity index (χ0) is 15.5. The van der Waals surface area contributed by atoms with Gasteiger partial charge in [-0.3, -0.25) is 9.67 Å². The van der Waals surface area contributed by atoms with Gasteiger partial charge in [-0.1, -0.05) is 41.4 Å². The van der Waals surface area contributed by atoms with Gasteiger partial charge in [-0.25, -0.2) is 0 Å². The summed E-state index contributed by atoms with van der Waals surface area (Å²) in [6, 6.07) is 14.8. The fraction of sp³-hybridized carbons (Fsp3) is 0.0667. The normalized spacial score (nSPS) is 10.6. The van der Waals surface area contributed by atoms with Gasteiger partial charge in [0.15, 0.2) is 10.6 Å². The van der Waals surface area contributed by atoms with Crippen molar-refractivity contribution in [3.8, 4) is 11.4 Å². The van der Waals surface area contributed by atoms with E-state index in [2.05, 4.69) is 10.2 Å². The molecule has 0 aliphatic carbocycles. The third-order valence-corrected chi connectivity index (χ3v) is 4.03. The highest BCUT2D eigenvalue weighted by molar-refractivity contribution is 7.71. The standard InChI is InChI=1S/C15H11Cl2N3OS/c16-12-7-6-11(8-13(12)17)21-9-14-18-19-15(22)20(14)10-4-2-1-3-5-10/h1-8H,9H2,(H,19,22). The molecule has 2 aromatic carbocycles. The molecule has 3 rings (SSSR count). The summed E-state index contributed by atoms with van der Waals surface area (Å²) in [6.45, 7) is 0.250. The maximum Gasteiger partial charge on any atom is 0.199 e. The van der Waals surface area contributed by atoms with Crippen molar-refractivity contribution >= 4 is 35.4 Å². The summed E-state index contributed by atoms with van der Waals surface area (Å²) < 4.78 is 8.05. The zero-order valence-electron chi connectivity index (χ0n) is 11.3. The number of halogens is 2. The number of H-pyrrole nitrogens is 1. The number of hydrogen-bond donors (Lipinski definition) is 1. The lowest BCUT2D eigenvalue weighted by Crippen LogP contribution is -2.05. The zero-order valence-corrected chi connectivity index (χ0v) is 13.6. The Morgan fingerprint density at radius 3 is 2.59 bits per heavy atom. The van der Waals surface area contributed by atoms with Crippen molar-refractivity contribution in [1.29, 1.82) is 0 Å². The predicted octanol–water partition coefficient (Wildman–Crippen LogP) is 4.82. The molecule has 0 amide bonds. The summed E-state index contributed by atoms with van der Waals surface area (Å²) >= 11 is 17.1. The topological polar surface area (TPSA) is 42.8 Å². The molecule has 0 radical (unpaired) electrons. The highest BCUT2D eigenvalue weighted by atomic mass is 35.5. The lowest BCUT2D eigenvalue weighted by molar-refractivity contribution is 0.293. The van der Waals surface area contributed by atoms with E-state index >= 15 is 0 Å². The molecule has 22 heavy (non-hydrogen) atoms. The Morgan fingerprint density at radius 2 is 1.86 bits per heavy atom. The molecule has 0 bridgehead atoms. The molecule has 1 heterocycles. The minimum Gasteiger partial charge on any atom is -0.486 e. The van der Waals surface area contributed by atoms with Crippen LogP contribution in [0.2, 0.25) is 10.0 Å². The van der Waals surface area contributed by atoms with E-state index in [0.717, 1.165) is 5.69 Å². The fourth-order valence-corrected chi connectivity index (χ4v) is 2.53. The monoisotopic (exact) mass is 351 g/mol. The molecule has 0 unspecified atom stereocenters. The first-order valence-corrected chi connectivity index (χ1v) is 7.61. The first kappa shape index (κ1) is 15.1. The summed E-state index contributed by atoms with van der Waals surface area (Å²) in [5.74, 6) is 1.28. The smallest absolute Gasteiger partial charge is 0.199 e. The van der Waals surface area contributed by atoms with E-state index in [-0.39, 0.29) is 6.61 Å². The Labute approximate surface area is 142 Å². The van der Waals surface area contributed by atoms with Crippen molar-refractivity contribution in [3.05, 3.63) is 69.2 Å². The molecule has 1 N–H and O–H groups in total. The Kier molecular flexibility index (Phi) is 4.47. The van der Waals surface area contributed by atoms with Crippen molar-refractivity contribution in [2.75, 3.05) is 0 Å². The molecule has 1 aromatic heterocycles. The molecule has 112 valence electrons. The van der Waals surface area contributed by atoms with Crippen LogP contribution in [-0.4, -0.2) is 14.8 Å². The van der Waals surface area contributed by atoms with Crippen LogP contribution >= 0.6 is 35.4 Å². The first-order chi connectivity index (χ1) is 10.6. The maximum atomic E-state index is 5.97. The van der Waals surface area contributed by atoms with Crippen molar-refractivity contribution in [2.24, 2.45) is 0 Å². The lowest BCUT2D eigenvalue weighted by atomic mass is 10.3. The van der Waals surface area contributed by atoms with Gasteiger partial charge >= 0.3 is 0 Å². The van der Waals surface area contributed by atoms with Gasteiger partial charge in [0.25, 0.3) is 0 Å². The van der Waals surface area contributed by atoms with E-state index in [1.54, 1.807) is 18.2 Å². The Balaban J connectivity index is 1.85. The molecule has 0 aliphatic rings. The number of nitrogens with zero attached hydrogens (tertiary/aromatic N) is 2. The molecular formula is C15H11Cl2N3OS. The van der Waals surface area contributed by atoms with Crippen LogP contribution < -0.4 is 4.74 Å². The third kappa shape index (κ3) is 3.16. The number of ether oxygens (including phenoxy) is 1. The van der Waals surface area contributed by atoms with Crippen LogP contribution in [0.1, 0.15) is 5.82 Å². The Bertz CT molecular complexity index is 845. The summed E-state index contributed by atoms with van der Waals surface area (Å²) in [6.07, 6.45) is 0. The molecular weight excluding hydrogens is 341 g/mol. The number of nitrogens with one attached hydrogen (secondary N) is 1. The molecule has 0 saturated heterocycles. The average Bonchev–Trinajstić information content (AvgIpc) is 2.90. The van der Waals surface area contributed by atoms with Crippen molar-refractivity contribution in [1.82, 2.24) is 14.8 Å². The molecule has 4 nitrogen and oxygen atoms in total. The van der Waals surface area contributed by atoms with Gasteiger partial charge in [0.1, 0.15) is 12.4 Å². The van der Waals surface area contributed by atoms with E-state index in [0.29, 0.717) is 26.4 Å². The molecule has 3 aromatic rings. The van der Waals surface area contributed by atoms with Crippen LogP contribution in [0.5, 0.6) is 5.75 Å². The lowest BCUT2D eigenvalue weighted by Gasteiger charge is -2.09. The SMILES string of the molecule is S=c1[nH]nc(COc2ccc(Cl)c(Cl)c2)n1-c1ccccc1. The summed E-state index contributed by atoms with van der Waals surface area (Å²) in [7, 11) is 0. The second-order valence-electron chi connectivity index (χ2n) is 4.48. The summed E-state index contributed by atoms with van der Waals surface area (Å²) in [5, 5.41) is 7.92. The number of benzene rings is 2.